The summed E-state index contributed by atoms with van der Waals surface area (Å²) >= 11 is 0. The van der Waals surface area contributed by atoms with Crippen molar-refractivity contribution < 1.29 is 0 Å². The molecule has 1 heterocycles. The fourth-order valence-electron chi connectivity index (χ4n) is 2.60. The lowest BCUT2D eigenvalue weighted by molar-refractivity contribution is 0.215. The predicted octanol–water partition coefficient (Wildman–Crippen LogP) is 2.72. The van der Waals surface area contributed by atoms with Crippen LogP contribution in [0.15, 0.2) is 18.2 Å². The van der Waals surface area contributed by atoms with Crippen molar-refractivity contribution in [2.45, 2.75) is 26.2 Å². The lowest BCUT2D eigenvalue weighted by atomic mass is 9.94. The number of nitrogens with one attached hydrogen (secondary N) is 1. The van der Waals surface area contributed by atoms with E-state index in [1.807, 2.05) is 6.07 Å². The van der Waals surface area contributed by atoms with Gasteiger partial charge in [-0.3, -0.25) is 0 Å². The maximum Gasteiger partial charge on any atom is 0.0574 e. The third kappa shape index (κ3) is 3.64. The lowest BCUT2D eigenvalue weighted by Crippen LogP contribution is -2.30. The van der Waals surface area contributed by atoms with Crippen LogP contribution in [-0.4, -0.2) is 31.6 Å². The average Bonchev–Trinajstić information content (AvgIpc) is 2.34. The Labute approximate surface area is 110 Å². The van der Waals surface area contributed by atoms with Crippen LogP contribution in [-0.2, 0) is 0 Å². The van der Waals surface area contributed by atoms with E-state index in [4.69, 9.17) is 5.73 Å². The number of piperidine rings is 1. The zero-order chi connectivity index (χ0) is 13.0. The largest absolute Gasteiger partial charge is 0.397 e. The summed E-state index contributed by atoms with van der Waals surface area (Å²) in [6.45, 7) is 5.59. The molecule has 0 aliphatic carbocycles. The molecule has 0 amide bonds. The van der Waals surface area contributed by atoms with Crippen molar-refractivity contribution >= 4 is 11.4 Å². The zero-order valence-electron chi connectivity index (χ0n) is 11.6. The highest BCUT2D eigenvalue weighted by molar-refractivity contribution is 5.66. The molecule has 0 atom stereocenters. The Morgan fingerprint density at radius 3 is 2.72 bits per heavy atom. The lowest BCUT2D eigenvalue weighted by Gasteiger charge is -2.29. The fourth-order valence-corrected chi connectivity index (χ4v) is 2.60. The molecule has 100 valence electrons. The van der Waals surface area contributed by atoms with Crippen molar-refractivity contribution in [3.05, 3.63) is 23.8 Å². The molecule has 3 heteroatoms. The molecule has 3 N–H and O–H groups in total. The molecule has 0 bridgehead atoms. The highest BCUT2D eigenvalue weighted by Gasteiger charge is 2.15. The van der Waals surface area contributed by atoms with Crippen molar-refractivity contribution in [3.8, 4) is 0 Å². The third-order valence-corrected chi connectivity index (χ3v) is 3.91. The van der Waals surface area contributed by atoms with Gasteiger partial charge in [-0.1, -0.05) is 6.07 Å². The van der Waals surface area contributed by atoms with Gasteiger partial charge in [0.2, 0.25) is 0 Å². The first-order valence-electron chi connectivity index (χ1n) is 6.93. The number of aryl methyl sites for hydroxylation is 1. The quantitative estimate of drug-likeness (QED) is 0.804. The molecule has 0 aromatic heterocycles. The van der Waals surface area contributed by atoms with E-state index in [2.05, 4.69) is 36.3 Å². The fraction of sp³-hybridized carbons (Fsp3) is 0.600. The average molecular weight is 247 g/mol. The van der Waals surface area contributed by atoms with Gasteiger partial charge in [0, 0.05) is 6.54 Å². The number of nitrogen functional groups attached to an aromatic ring is 1. The predicted molar refractivity (Wildman–Crippen MR) is 78.9 cm³/mol. The molecule has 1 aliphatic rings. The van der Waals surface area contributed by atoms with E-state index in [0.717, 1.165) is 23.8 Å². The summed E-state index contributed by atoms with van der Waals surface area (Å²) in [5, 5.41) is 3.46. The first-order valence-corrected chi connectivity index (χ1v) is 6.93. The van der Waals surface area contributed by atoms with Gasteiger partial charge in [0.15, 0.2) is 0 Å². The highest BCUT2D eigenvalue weighted by Crippen LogP contribution is 2.22. The minimum absolute atomic E-state index is 0.860. The number of anilines is 2. The van der Waals surface area contributed by atoms with Gasteiger partial charge in [-0.2, -0.15) is 0 Å². The first-order chi connectivity index (χ1) is 8.65. The van der Waals surface area contributed by atoms with E-state index in [0.29, 0.717) is 0 Å². The van der Waals surface area contributed by atoms with Crippen molar-refractivity contribution in [1.29, 1.82) is 0 Å². The Morgan fingerprint density at radius 1 is 1.33 bits per heavy atom. The van der Waals surface area contributed by atoms with Crippen LogP contribution in [0.25, 0.3) is 0 Å². The standard InChI is InChI=1S/C15H25N3/c1-12-3-4-15(14(16)11-12)17-8-5-13-6-9-18(2)10-7-13/h3-4,11,13,17H,5-10,16H2,1-2H3. The van der Waals surface area contributed by atoms with Gasteiger partial charge >= 0.3 is 0 Å². The van der Waals surface area contributed by atoms with E-state index >= 15 is 0 Å². The molecule has 18 heavy (non-hydrogen) atoms. The summed E-state index contributed by atoms with van der Waals surface area (Å²) in [4.78, 5) is 2.42. The molecular weight excluding hydrogens is 222 g/mol. The van der Waals surface area contributed by atoms with E-state index in [9.17, 15) is 0 Å². The molecule has 0 spiro atoms. The monoisotopic (exact) mass is 247 g/mol. The summed E-state index contributed by atoms with van der Waals surface area (Å²) in [5.41, 5.74) is 9.14. The number of likely N-dealkylation sites (tertiary alicyclic amines) is 1. The summed E-state index contributed by atoms with van der Waals surface area (Å²) in [6, 6.07) is 6.21. The Kier molecular flexibility index (Phi) is 4.48. The smallest absolute Gasteiger partial charge is 0.0574 e. The van der Waals surface area contributed by atoms with E-state index in [-0.39, 0.29) is 0 Å². The number of nitrogens with two attached hydrogens (primary N) is 1. The molecule has 1 aromatic carbocycles. The van der Waals surface area contributed by atoms with Crippen molar-refractivity contribution in [2.24, 2.45) is 5.92 Å². The van der Waals surface area contributed by atoms with Gasteiger partial charge in [-0.25, -0.2) is 0 Å². The molecule has 1 aromatic rings. The van der Waals surface area contributed by atoms with Crippen molar-refractivity contribution in [1.82, 2.24) is 4.90 Å². The van der Waals surface area contributed by atoms with Crippen LogP contribution in [0.1, 0.15) is 24.8 Å². The zero-order valence-corrected chi connectivity index (χ0v) is 11.6. The Hall–Kier alpha value is -1.22. The maximum atomic E-state index is 5.99. The second-order valence-electron chi connectivity index (χ2n) is 5.55. The Morgan fingerprint density at radius 2 is 2.06 bits per heavy atom. The molecule has 0 radical (unpaired) electrons. The first kappa shape index (κ1) is 13.2. The van der Waals surface area contributed by atoms with Gasteiger partial charge in [-0.15, -0.1) is 0 Å². The molecule has 2 rings (SSSR count). The summed E-state index contributed by atoms with van der Waals surface area (Å²) in [7, 11) is 2.21. The Balaban J connectivity index is 1.75. The van der Waals surface area contributed by atoms with Crippen LogP contribution in [0.3, 0.4) is 0 Å². The SMILES string of the molecule is Cc1ccc(NCCC2CCN(C)CC2)c(N)c1. The van der Waals surface area contributed by atoms with E-state index < -0.39 is 0 Å². The van der Waals surface area contributed by atoms with Crippen molar-refractivity contribution in [2.75, 3.05) is 37.7 Å². The molecule has 1 aliphatic heterocycles. The number of hydrogen-bond acceptors (Lipinski definition) is 3. The normalized spacial score (nSPS) is 17.9. The van der Waals surface area contributed by atoms with Crippen LogP contribution in [0.4, 0.5) is 11.4 Å². The minimum atomic E-state index is 0.860. The highest BCUT2D eigenvalue weighted by atomic mass is 15.1. The number of nitrogens with zero attached hydrogens (tertiary/aromatic N) is 1. The molecule has 3 nitrogen and oxygen atoms in total. The van der Waals surface area contributed by atoms with Crippen LogP contribution in [0.5, 0.6) is 0 Å². The van der Waals surface area contributed by atoms with Crippen molar-refractivity contribution in [3.63, 3.8) is 0 Å². The molecule has 0 saturated carbocycles. The molecule has 1 fully saturated rings. The Bertz CT molecular complexity index is 381. The maximum absolute atomic E-state index is 5.99. The topological polar surface area (TPSA) is 41.3 Å². The van der Waals surface area contributed by atoms with Gasteiger partial charge < -0.3 is 16.0 Å². The third-order valence-electron chi connectivity index (χ3n) is 3.91. The minimum Gasteiger partial charge on any atom is -0.397 e. The van der Waals surface area contributed by atoms with Gasteiger partial charge in [0.25, 0.3) is 0 Å². The summed E-state index contributed by atoms with van der Waals surface area (Å²) in [6.07, 6.45) is 3.92. The molecular formula is C15H25N3. The number of benzene rings is 1. The second-order valence-corrected chi connectivity index (χ2v) is 5.55. The van der Waals surface area contributed by atoms with Gasteiger partial charge in [0.05, 0.1) is 11.4 Å². The number of rotatable bonds is 4. The molecule has 0 unspecified atom stereocenters. The second kappa shape index (κ2) is 6.10. The number of hydrogen-bond donors (Lipinski definition) is 2. The van der Waals surface area contributed by atoms with Crippen LogP contribution >= 0.6 is 0 Å². The van der Waals surface area contributed by atoms with E-state index in [1.54, 1.807) is 0 Å². The van der Waals surface area contributed by atoms with E-state index in [1.165, 1.54) is 37.9 Å². The summed E-state index contributed by atoms with van der Waals surface area (Å²) < 4.78 is 0. The van der Waals surface area contributed by atoms with Gasteiger partial charge in [0.1, 0.15) is 0 Å². The van der Waals surface area contributed by atoms with Crippen LogP contribution in [0, 0.1) is 12.8 Å². The van der Waals surface area contributed by atoms with Crippen LogP contribution < -0.4 is 11.1 Å². The summed E-state index contributed by atoms with van der Waals surface area (Å²) in [5.74, 6) is 0.875. The molecule has 1 saturated heterocycles. The van der Waals surface area contributed by atoms with Gasteiger partial charge in [-0.05, 0) is 69.9 Å². The van der Waals surface area contributed by atoms with Crippen LogP contribution in [0.2, 0.25) is 0 Å².